The maximum Gasteiger partial charge on any atom is 0.306 e. The second-order valence-corrected chi connectivity index (χ2v) is 16.0. The van der Waals surface area contributed by atoms with Crippen molar-refractivity contribution < 1.29 is 56.8 Å². The van der Waals surface area contributed by atoms with E-state index in [9.17, 15) is 37.9 Å². The van der Waals surface area contributed by atoms with Crippen LogP contribution in [0.15, 0.2) is 97.2 Å². The van der Waals surface area contributed by atoms with Crippen LogP contribution < -0.4 is 0 Å². The van der Waals surface area contributed by atoms with Gasteiger partial charge in [0.05, 0.1) is 6.61 Å². The molecule has 0 saturated carbocycles. The molecule has 0 radical (unpaired) electrons. The predicted molar refractivity (Wildman–Crippen MR) is 233 cm³/mol. The van der Waals surface area contributed by atoms with Gasteiger partial charge in [0.25, 0.3) is 10.1 Å². The molecule has 1 rings (SSSR count). The fourth-order valence-electron chi connectivity index (χ4n) is 5.76. The van der Waals surface area contributed by atoms with E-state index in [0.717, 1.165) is 64.2 Å². The summed E-state index contributed by atoms with van der Waals surface area (Å²) >= 11 is 0. The van der Waals surface area contributed by atoms with Crippen LogP contribution in [0.2, 0.25) is 0 Å². The normalized spacial score (nSPS) is 21.2. The molecule has 0 aromatic heterocycles. The van der Waals surface area contributed by atoms with E-state index in [1.54, 1.807) is 0 Å². The number of carbonyl (C=O) groups is 2. The Labute approximate surface area is 353 Å². The number of esters is 2. The third kappa shape index (κ3) is 30.3. The summed E-state index contributed by atoms with van der Waals surface area (Å²) in [7, 11) is -4.62. The summed E-state index contributed by atoms with van der Waals surface area (Å²) in [5, 5.41) is 30.8. The number of aliphatic hydroxyl groups excluding tert-OH is 3. The van der Waals surface area contributed by atoms with Gasteiger partial charge in [-0.05, 0) is 57.8 Å². The van der Waals surface area contributed by atoms with Crippen LogP contribution in [0.3, 0.4) is 0 Å². The molecule has 0 aromatic rings. The standard InChI is InChI=1S/C46H72O12S/c1-3-5-7-9-11-13-15-17-18-19-20-21-23-24-26-28-30-32-34-41(47)55-36-39(37-56-46-45(51)44(50)43(49)40(58-46)38-59(52,53)54)57-42(48)35-33-31-29-27-25-22-16-14-12-10-8-6-4-2/h6,8,10-22,25,39-40,43-46,49-51H,3-5,7,9,23-24,26-38H2,1-2H3,(H,52,53,54)/b8-6+,12-10+,13-11+,16-14+,17-15+,19-18+,21-20+,25-22+/t39?,40-,43-,44?,45?,46+/m1/s1. The molecule has 1 aliphatic heterocycles. The SMILES string of the molecule is CC/C=C/C=C/C=C/C=C/CCCCCC(=O)OC(COC(=O)CCCCCCC/C=C/C=C/C=C/C=C/CCCCC)CO[C@H]1O[C@H](CS(=O)(=O)O)[C@@H](O)C(O)C1O. The topological polar surface area (TPSA) is 186 Å². The molecule has 12 nitrogen and oxygen atoms in total. The fourth-order valence-corrected chi connectivity index (χ4v) is 6.45. The number of ether oxygens (including phenoxy) is 4. The van der Waals surface area contributed by atoms with Crippen LogP contribution in [0.1, 0.15) is 123 Å². The van der Waals surface area contributed by atoms with Crippen molar-refractivity contribution in [2.75, 3.05) is 19.0 Å². The van der Waals surface area contributed by atoms with E-state index in [2.05, 4.69) is 44.2 Å². The first-order chi connectivity index (χ1) is 28.5. The quantitative estimate of drug-likeness (QED) is 0.0215. The summed E-state index contributed by atoms with van der Waals surface area (Å²) in [4.78, 5) is 25.3. The summed E-state index contributed by atoms with van der Waals surface area (Å²) in [6.45, 7) is 3.49. The molecular weight excluding hydrogens is 777 g/mol. The molecule has 13 heteroatoms. The molecule has 0 spiro atoms. The molecule has 0 amide bonds. The van der Waals surface area contributed by atoms with E-state index < -0.39 is 71.2 Å². The number of hydrogen-bond donors (Lipinski definition) is 4. The number of allylic oxidation sites excluding steroid dienone is 16. The Morgan fingerprint density at radius 3 is 1.61 bits per heavy atom. The van der Waals surface area contributed by atoms with Gasteiger partial charge in [0.2, 0.25) is 0 Å². The second kappa shape index (κ2) is 35.3. The van der Waals surface area contributed by atoms with Crippen molar-refractivity contribution in [3.8, 4) is 0 Å². The van der Waals surface area contributed by atoms with E-state index >= 15 is 0 Å². The van der Waals surface area contributed by atoms with Gasteiger partial charge in [-0.25, -0.2) is 0 Å². The Morgan fingerprint density at radius 2 is 1.07 bits per heavy atom. The maximum absolute atomic E-state index is 12.8. The summed E-state index contributed by atoms with van der Waals surface area (Å²) in [6, 6.07) is 0. The van der Waals surface area contributed by atoms with E-state index in [4.69, 9.17) is 18.9 Å². The van der Waals surface area contributed by atoms with Gasteiger partial charge in [0, 0.05) is 12.8 Å². The van der Waals surface area contributed by atoms with Crippen LogP contribution in [0.5, 0.6) is 0 Å². The van der Waals surface area contributed by atoms with Crippen LogP contribution >= 0.6 is 0 Å². The van der Waals surface area contributed by atoms with Crippen molar-refractivity contribution in [2.45, 2.75) is 160 Å². The molecule has 59 heavy (non-hydrogen) atoms. The highest BCUT2D eigenvalue weighted by molar-refractivity contribution is 7.85. The number of aliphatic hydroxyl groups is 3. The van der Waals surface area contributed by atoms with Crippen molar-refractivity contribution >= 4 is 22.1 Å². The summed E-state index contributed by atoms with van der Waals surface area (Å²) in [5.74, 6) is -2.08. The summed E-state index contributed by atoms with van der Waals surface area (Å²) in [6.07, 6.45) is 37.4. The minimum Gasteiger partial charge on any atom is -0.462 e. The van der Waals surface area contributed by atoms with Crippen LogP contribution in [-0.4, -0.2) is 96.0 Å². The van der Waals surface area contributed by atoms with Gasteiger partial charge < -0.3 is 34.3 Å². The minimum absolute atomic E-state index is 0.106. The summed E-state index contributed by atoms with van der Waals surface area (Å²) < 4.78 is 53.9. The monoisotopic (exact) mass is 848 g/mol. The van der Waals surface area contributed by atoms with Gasteiger partial charge >= 0.3 is 11.9 Å². The van der Waals surface area contributed by atoms with Gasteiger partial charge in [0.15, 0.2) is 12.4 Å². The molecule has 1 fully saturated rings. The number of hydrogen-bond acceptors (Lipinski definition) is 11. The van der Waals surface area contributed by atoms with Crippen LogP contribution in [0.4, 0.5) is 0 Å². The first-order valence-corrected chi connectivity index (χ1v) is 23.0. The van der Waals surface area contributed by atoms with E-state index in [0.29, 0.717) is 12.8 Å². The lowest BCUT2D eigenvalue weighted by molar-refractivity contribution is -0.297. The molecule has 0 aromatic carbocycles. The first-order valence-electron chi connectivity index (χ1n) is 21.4. The predicted octanol–water partition coefficient (Wildman–Crippen LogP) is 8.27. The largest absolute Gasteiger partial charge is 0.462 e. The van der Waals surface area contributed by atoms with Crippen LogP contribution in [0.25, 0.3) is 0 Å². The third-order valence-corrected chi connectivity index (χ3v) is 9.84. The van der Waals surface area contributed by atoms with Crippen molar-refractivity contribution in [3.63, 3.8) is 0 Å². The molecular formula is C46H72O12S. The van der Waals surface area contributed by atoms with Gasteiger partial charge in [-0.3, -0.25) is 14.1 Å². The fraction of sp³-hybridized carbons (Fsp3) is 0.609. The highest BCUT2D eigenvalue weighted by Gasteiger charge is 2.46. The molecule has 1 aliphatic rings. The molecule has 6 atom stereocenters. The number of rotatable bonds is 33. The first kappa shape index (κ1) is 53.6. The maximum atomic E-state index is 12.8. The lowest BCUT2D eigenvalue weighted by Gasteiger charge is -2.40. The van der Waals surface area contributed by atoms with Crippen LogP contribution in [-0.2, 0) is 38.7 Å². The minimum atomic E-state index is -4.62. The van der Waals surface area contributed by atoms with Crippen molar-refractivity contribution in [1.29, 1.82) is 0 Å². The van der Waals surface area contributed by atoms with E-state index in [1.807, 2.05) is 66.8 Å². The molecule has 0 bridgehead atoms. The van der Waals surface area contributed by atoms with Gasteiger partial charge in [-0.1, -0.05) is 150 Å². The smallest absolute Gasteiger partial charge is 0.306 e. The molecule has 1 saturated heterocycles. The Kier molecular flexibility index (Phi) is 32.1. The lowest BCUT2D eigenvalue weighted by atomic mass is 10.00. The average molecular weight is 849 g/mol. The molecule has 1 heterocycles. The highest BCUT2D eigenvalue weighted by Crippen LogP contribution is 2.24. The lowest BCUT2D eigenvalue weighted by Crippen LogP contribution is -2.60. The van der Waals surface area contributed by atoms with Crippen molar-refractivity contribution in [1.82, 2.24) is 0 Å². The Balaban J connectivity index is 2.52. The molecule has 334 valence electrons. The van der Waals surface area contributed by atoms with Gasteiger partial charge in [-0.2, -0.15) is 8.42 Å². The van der Waals surface area contributed by atoms with Crippen molar-refractivity contribution in [2.24, 2.45) is 0 Å². The zero-order chi connectivity index (χ0) is 43.4. The number of carbonyl (C=O) groups excluding carboxylic acids is 2. The molecule has 3 unspecified atom stereocenters. The van der Waals surface area contributed by atoms with E-state index in [-0.39, 0.29) is 19.4 Å². The molecule has 4 N–H and O–H groups in total. The van der Waals surface area contributed by atoms with E-state index in [1.165, 1.54) is 19.3 Å². The molecule has 0 aliphatic carbocycles. The average Bonchev–Trinajstić information content (AvgIpc) is 3.20. The van der Waals surface area contributed by atoms with Crippen LogP contribution in [0, 0.1) is 0 Å². The zero-order valence-electron chi connectivity index (χ0n) is 35.3. The Bertz CT molecular complexity index is 1460. The number of unbranched alkanes of at least 4 members (excludes halogenated alkanes) is 11. The summed E-state index contributed by atoms with van der Waals surface area (Å²) in [5.41, 5.74) is 0. The third-order valence-electron chi connectivity index (χ3n) is 9.09. The van der Waals surface area contributed by atoms with Gasteiger partial charge in [-0.15, -0.1) is 0 Å². The Morgan fingerprint density at radius 1 is 0.593 bits per heavy atom. The highest BCUT2D eigenvalue weighted by atomic mass is 32.2. The van der Waals surface area contributed by atoms with Gasteiger partial charge in [0.1, 0.15) is 36.8 Å². The second-order valence-electron chi connectivity index (χ2n) is 14.5. The Hall–Kier alpha value is -3.43. The zero-order valence-corrected chi connectivity index (χ0v) is 36.1. The van der Waals surface area contributed by atoms with Crippen molar-refractivity contribution in [3.05, 3.63) is 97.2 Å².